The van der Waals surface area contributed by atoms with E-state index in [4.69, 9.17) is 5.73 Å². The average molecular weight is 281 g/mol. The third-order valence-corrected chi connectivity index (χ3v) is 4.44. The maximum atomic E-state index is 11.9. The van der Waals surface area contributed by atoms with E-state index in [0.29, 0.717) is 22.5 Å². The number of benzene rings is 1. The number of amides is 1. The summed E-state index contributed by atoms with van der Waals surface area (Å²) >= 11 is 3.12. The second kappa shape index (κ2) is 5.58. The van der Waals surface area contributed by atoms with Crippen LogP contribution in [-0.4, -0.2) is 28.9 Å². The lowest BCUT2D eigenvalue weighted by Crippen LogP contribution is -2.29. The molecule has 0 aliphatic heterocycles. The van der Waals surface area contributed by atoms with Crippen molar-refractivity contribution in [2.45, 2.75) is 12.2 Å². The lowest BCUT2D eigenvalue weighted by atomic mass is 10.2. The summed E-state index contributed by atoms with van der Waals surface area (Å²) in [5.41, 5.74) is 7.13. The number of thiazole rings is 1. The summed E-state index contributed by atoms with van der Waals surface area (Å²) in [4.78, 5) is 16.1. The van der Waals surface area contributed by atoms with Crippen molar-refractivity contribution in [3.63, 3.8) is 0 Å². The molecule has 0 bridgehead atoms. The molecule has 1 atom stereocenters. The number of carbonyl (C=O) groups is 1. The first-order chi connectivity index (χ1) is 8.60. The van der Waals surface area contributed by atoms with Gasteiger partial charge in [0.15, 0.2) is 5.13 Å². The van der Waals surface area contributed by atoms with E-state index in [1.807, 2.05) is 18.4 Å². The Hall–Kier alpha value is -1.27. The molecule has 4 nitrogen and oxygen atoms in total. The first-order valence-electron chi connectivity index (χ1n) is 5.57. The van der Waals surface area contributed by atoms with E-state index in [9.17, 15) is 4.79 Å². The largest absolute Gasteiger partial charge is 0.375 e. The first-order valence-corrected chi connectivity index (χ1v) is 7.67. The lowest BCUT2D eigenvalue weighted by molar-refractivity contribution is 0.0954. The molecule has 0 aliphatic rings. The summed E-state index contributed by atoms with van der Waals surface area (Å²) < 4.78 is 0.943. The van der Waals surface area contributed by atoms with Gasteiger partial charge in [-0.3, -0.25) is 4.79 Å². The number of nitrogens with zero attached hydrogens (tertiary/aromatic N) is 1. The van der Waals surface area contributed by atoms with Crippen LogP contribution in [0.1, 0.15) is 17.3 Å². The summed E-state index contributed by atoms with van der Waals surface area (Å²) in [6.45, 7) is 2.75. The Morgan fingerprint density at radius 1 is 1.61 bits per heavy atom. The molecular formula is C12H15N3OS2. The fourth-order valence-corrected chi connectivity index (χ4v) is 2.53. The SMILES string of the molecule is CSC(C)CNC(=O)c1ccc2nc(N)sc2c1. The highest BCUT2D eigenvalue weighted by atomic mass is 32.2. The smallest absolute Gasteiger partial charge is 0.251 e. The van der Waals surface area contributed by atoms with Crippen molar-refractivity contribution in [2.24, 2.45) is 0 Å². The molecule has 18 heavy (non-hydrogen) atoms. The van der Waals surface area contributed by atoms with Gasteiger partial charge in [0.25, 0.3) is 5.91 Å². The summed E-state index contributed by atoms with van der Waals surface area (Å²) in [6, 6.07) is 5.44. The first kappa shape index (κ1) is 13.2. The zero-order valence-electron chi connectivity index (χ0n) is 10.3. The van der Waals surface area contributed by atoms with E-state index in [2.05, 4.69) is 17.2 Å². The minimum Gasteiger partial charge on any atom is -0.375 e. The van der Waals surface area contributed by atoms with Crippen LogP contribution < -0.4 is 11.1 Å². The molecule has 3 N–H and O–H groups in total. The summed E-state index contributed by atoms with van der Waals surface area (Å²) in [6.07, 6.45) is 2.03. The number of nitrogens with one attached hydrogen (secondary N) is 1. The minimum atomic E-state index is -0.0511. The highest BCUT2D eigenvalue weighted by Crippen LogP contribution is 2.24. The second-order valence-corrected chi connectivity index (χ2v) is 6.33. The number of aromatic nitrogens is 1. The van der Waals surface area contributed by atoms with Crippen molar-refractivity contribution in [2.75, 3.05) is 18.5 Å². The molecule has 1 amide bonds. The molecule has 1 aromatic heterocycles. The van der Waals surface area contributed by atoms with Crippen molar-refractivity contribution < 1.29 is 4.79 Å². The van der Waals surface area contributed by atoms with Crippen LogP contribution in [0.3, 0.4) is 0 Å². The third-order valence-electron chi connectivity index (χ3n) is 2.62. The number of thioether (sulfide) groups is 1. The molecule has 2 rings (SSSR count). The number of rotatable bonds is 4. The zero-order chi connectivity index (χ0) is 13.1. The summed E-state index contributed by atoms with van der Waals surface area (Å²) in [5, 5.41) is 3.85. The van der Waals surface area contributed by atoms with Gasteiger partial charge < -0.3 is 11.1 Å². The van der Waals surface area contributed by atoms with Gasteiger partial charge in [-0.25, -0.2) is 4.98 Å². The standard InChI is InChI=1S/C12H15N3OS2/c1-7(17-2)6-14-11(16)8-3-4-9-10(5-8)18-12(13)15-9/h3-5,7H,6H2,1-2H3,(H2,13,15)(H,14,16). The molecule has 0 fully saturated rings. The highest BCUT2D eigenvalue weighted by molar-refractivity contribution is 7.99. The number of nitrogens with two attached hydrogens (primary N) is 1. The van der Waals surface area contributed by atoms with E-state index in [-0.39, 0.29) is 5.91 Å². The number of nitrogen functional groups attached to an aromatic ring is 1. The zero-order valence-corrected chi connectivity index (χ0v) is 11.9. The molecule has 0 saturated carbocycles. The molecule has 0 spiro atoms. The highest BCUT2D eigenvalue weighted by Gasteiger charge is 2.09. The fraction of sp³-hybridized carbons (Fsp3) is 0.333. The van der Waals surface area contributed by atoms with Gasteiger partial charge in [-0.05, 0) is 24.5 Å². The van der Waals surface area contributed by atoms with Gasteiger partial charge in [-0.1, -0.05) is 18.3 Å². The van der Waals surface area contributed by atoms with Crippen molar-refractivity contribution in [3.8, 4) is 0 Å². The van der Waals surface area contributed by atoms with Crippen LogP contribution in [0.4, 0.5) is 5.13 Å². The predicted octanol–water partition coefficient (Wildman–Crippen LogP) is 2.36. The van der Waals surface area contributed by atoms with Crippen LogP contribution in [-0.2, 0) is 0 Å². The van der Waals surface area contributed by atoms with Crippen molar-refractivity contribution in [1.29, 1.82) is 0 Å². The molecule has 6 heteroatoms. The van der Waals surface area contributed by atoms with Crippen molar-refractivity contribution >= 4 is 44.4 Å². The van der Waals surface area contributed by atoms with Gasteiger partial charge in [-0.2, -0.15) is 11.8 Å². The Bertz CT molecular complexity index is 567. The molecule has 1 unspecified atom stereocenters. The van der Waals surface area contributed by atoms with Gasteiger partial charge in [0.2, 0.25) is 0 Å². The lowest BCUT2D eigenvalue weighted by Gasteiger charge is -2.09. The maximum absolute atomic E-state index is 11.9. The number of hydrogen-bond acceptors (Lipinski definition) is 5. The Balaban J connectivity index is 2.12. The average Bonchev–Trinajstić information content (AvgIpc) is 2.74. The molecule has 1 heterocycles. The third kappa shape index (κ3) is 2.94. The molecule has 2 aromatic rings. The van der Waals surface area contributed by atoms with Crippen LogP contribution in [0.2, 0.25) is 0 Å². The number of anilines is 1. The van der Waals surface area contributed by atoms with Gasteiger partial charge in [0.05, 0.1) is 10.2 Å². The molecule has 0 radical (unpaired) electrons. The van der Waals surface area contributed by atoms with E-state index < -0.39 is 0 Å². The Labute approximate surface area is 114 Å². The molecule has 0 saturated heterocycles. The van der Waals surface area contributed by atoms with Crippen molar-refractivity contribution in [3.05, 3.63) is 23.8 Å². The van der Waals surface area contributed by atoms with E-state index in [1.165, 1.54) is 11.3 Å². The molecule has 0 aliphatic carbocycles. The number of carbonyl (C=O) groups excluding carboxylic acids is 1. The topological polar surface area (TPSA) is 68.0 Å². The Morgan fingerprint density at radius 3 is 3.11 bits per heavy atom. The van der Waals surface area contributed by atoms with Crippen LogP contribution >= 0.6 is 23.1 Å². The van der Waals surface area contributed by atoms with Gasteiger partial charge in [0, 0.05) is 17.4 Å². The quantitative estimate of drug-likeness (QED) is 0.902. The summed E-state index contributed by atoms with van der Waals surface area (Å²) in [5.74, 6) is -0.0511. The van der Waals surface area contributed by atoms with Crippen LogP contribution in [0, 0.1) is 0 Å². The van der Waals surface area contributed by atoms with Gasteiger partial charge in [0.1, 0.15) is 0 Å². The normalized spacial score (nSPS) is 12.6. The monoisotopic (exact) mass is 281 g/mol. The molecular weight excluding hydrogens is 266 g/mol. The Kier molecular flexibility index (Phi) is 4.08. The molecule has 1 aromatic carbocycles. The predicted molar refractivity (Wildman–Crippen MR) is 79.3 cm³/mol. The summed E-state index contributed by atoms with van der Waals surface area (Å²) in [7, 11) is 0. The van der Waals surface area contributed by atoms with Crippen molar-refractivity contribution in [1.82, 2.24) is 10.3 Å². The van der Waals surface area contributed by atoms with E-state index in [1.54, 1.807) is 17.8 Å². The molecule has 96 valence electrons. The minimum absolute atomic E-state index is 0.0511. The number of hydrogen-bond donors (Lipinski definition) is 2. The van der Waals surface area contributed by atoms with Crippen LogP contribution in [0.5, 0.6) is 0 Å². The maximum Gasteiger partial charge on any atom is 0.251 e. The fourth-order valence-electron chi connectivity index (χ4n) is 1.51. The van der Waals surface area contributed by atoms with E-state index >= 15 is 0 Å². The second-order valence-electron chi connectivity index (χ2n) is 3.99. The van der Waals surface area contributed by atoms with Gasteiger partial charge >= 0.3 is 0 Å². The van der Waals surface area contributed by atoms with E-state index in [0.717, 1.165) is 10.2 Å². The Morgan fingerprint density at radius 2 is 2.39 bits per heavy atom. The van der Waals surface area contributed by atoms with Crippen LogP contribution in [0.15, 0.2) is 18.2 Å². The van der Waals surface area contributed by atoms with Gasteiger partial charge in [-0.15, -0.1) is 0 Å². The van der Waals surface area contributed by atoms with Crippen LogP contribution in [0.25, 0.3) is 10.2 Å². The number of fused-ring (bicyclic) bond motifs is 1.